The number of hydrogen-bond acceptors (Lipinski definition) is 10. The highest BCUT2D eigenvalue weighted by Gasteiger charge is 2.21. The fourth-order valence-corrected chi connectivity index (χ4v) is 5.11. The summed E-state index contributed by atoms with van der Waals surface area (Å²) >= 11 is 1.42. The summed E-state index contributed by atoms with van der Waals surface area (Å²) in [4.78, 5) is 28.1. The average molecular weight is 566 g/mol. The van der Waals surface area contributed by atoms with Crippen molar-refractivity contribution in [3.8, 4) is 16.9 Å². The Morgan fingerprint density at radius 1 is 1.12 bits per heavy atom. The minimum atomic E-state index is -0.332. The quantitative estimate of drug-likeness (QED) is 0.267. The van der Waals surface area contributed by atoms with Crippen molar-refractivity contribution < 1.29 is 18.8 Å². The zero-order chi connectivity index (χ0) is 28.0. The fourth-order valence-electron chi connectivity index (χ4n) is 4.21. The van der Waals surface area contributed by atoms with Crippen LogP contribution in [-0.2, 0) is 16.6 Å². The lowest BCUT2D eigenvalue weighted by Gasteiger charge is -2.26. The largest absolute Gasteiger partial charge is 0.492 e. The maximum Gasteiger partial charge on any atom is 0.321 e. The Bertz CT molecular complexity index is 1430. The van der Waals surface area contributed by atoms with E-state index in [1.165, 1.54) is 11.3 Å². The average Bonchev–Trinajstić information content (AvgIpc) is 3.58. The molecule has 4 aromatic rings. The number of rotatable bonds is 10. The Morgan fingerprint density at radius 2 is 1.98 bits per heavy atom. The first-order valence-electron chi connectivity index (χ1n) is 13.5. The van der Waals surface area contributed by atoms with Crippen molar-refractivity contribution in [2.75, 3.05) is 51.3 Å². The molecule has 40 heavy (non-hydrogen) atoms. The molecule has 2 amide bonds. The van der Waals surface area contributed by atoms with E-state index in [-0.39, 0.29) is 11.4 Å². The Labute approximate surface area is 237 Å². The number of aromatic nitrogens is 4. The first-order valence-corrected chi connectivity index (χ1v) is 14.3. The van der Waals surface area contributed by atoms with Crippen LogP contribution in [-0.4, -0.2) is 77.0 Å². The molecule has 0 spiro atoms. The number of urea groups is 1. The zero-order valence-corrected chi connectivity index (χ0v) is 23.9. The van der Waals surface area contributed by atoms with Gasteiger partial charge in [-0.25, -0.2) is 9.78 Å². The monoisotopic (exact) mass is 565 g/mol. The van der Waals surface area contributed by atoms with Crippen molar-refractivity contribution in [2.24, 2.45) is 0 Å². The van der Waals surface area contributed by atoms with Crippen LogP contribution in [0.15, 0.2) is 41.2 Å². The number of pyridine rings is 1. The fraction of sp³-hybridized carbons (Fsp3) is 0.464. The van der Waals surface area contributed by atoms with E-state index < -0.39 is 0 Å². The standard InChI is InChI=1S/C28H35N7O4S/c1-28(2,3)25-32-24(34-39-25)7-8-30-26(36)33-27-31-22-6-5-19(16-23(22)40-27)20-15-21(18-29-17-20)38-12-4-9-35-10-13-37-14-11-35/h5-6,15-18H,4,7-14H2,1-3H3,(H2,30,31,33,36). The Kier molecular flexibility index (Phi) is 8.88. The maximum atomic E-state index is 12.4. The van der Waals surface area contributed by atoms with Crippen molar-refractivity contribution >= 4 is 32.7 Å². The number of fused-ring (bicyclic) bond motifs is 1. The lowest BCUT2D eigenvalue weighted by Crippen LogP contribution is -2.37. The van der Waals surface area contributed by atoms with Gasteiger partial charge in [-0.15, -0.1) is 0 Å². The summed E-state index contributed by atoms with van der Waals surface area (Å²) < 4.78 is 17.6. The van der Waals surface area contributed by atoms with Crippen LogP contribution in [0.2, 0.25) is 0 Å². The van der Waals surface area contributed by atoms with Gasteiger partial charge in [-0.05, 0) is 30.2 Å². The summed E-state index contributed by atoms with van der Waals surface area (Å²) in [6, 6.07) is 7.68. The van der Waals surface area contributed by atoms with Gasteiger partial charge in [-0.2, -0.15) is 4.98 Å². The molecule has 0 unspecified atom stereocenters. The maximum absolute atomic E-state index is 12.4. The van der Waals surface area contributed by atoms with Crippen molar-refractivity contribution in [2.45, 2.75) is 39.0 Å². The second-order valence-electron chi connectivity index (χ2n) is 10.7. The highest BCUT2D eigenvalue weighted by Crippen LogP contribution is 2.31. The smallest absolute Gasteiger partial charge is 0.321 e. The van der Waals surface area contributed by atoms with Gasteiger partial charge >= 0.3 is 6.03 Å². The third-order valence-electron chi connectivity index (χ3n) is 6.39. The molecule has 0 aliphatic carbocycles. The van der Waals surface area contributed by atoms with Crippen LogP contribution in [0.1, 0.15) is 38.9 Å². The van der Waals surface area contributed by atoms with Gasteiger partial charge in [0.25, 0.3) is 0 Å². The highest BCUT2D eigenvalue weighted by molar-refractivity contribution is 7.22. The summed E-state index contributed by atoms with van der Waals surface area (Å²) in [5.41, 5.74) is 2.57. The predicted octanol–water partition coefficient (Wildman–Crippen LogP) is 4.50. The zero-order valence-electron chi connectivity index (χ0n) is 23.1. The number of thiazole rings is 1. The lowest BCUT2D eigenvalue weighted by molar-refractivity contribution is 0.0358. The Hall–Kier alpha value is -3.61. The highest BCUT2D eigenvalue weighted by atomic mass is 32.1. The molecule has 1 aliphatic rings. The van der Waals surface area contributed by atoms with Gasteiger partial charge in [-0.3, -0.25) is 15.2 Å². The van der Waals surface area contributed by atoms with Crippen molar-refractivity contribution in [3.05, 3.63) is 48.4 Å². The third-order valence-corrected chi connectivity index (χ3v) is 7.32. The van der Waals surface area contributed by atoms with Gasteiger partial charge in [0, 0.05) is 49.8 Å². The molecule has 1 fully saturated rings. The molecule has 0 saturated carbocycles. The van der Waals surface area contributed by atoms with Gasteiger partial charge in [0.1, 0.15) is 5.75 Å². The molecule has 2 N–H and O–H groups in total. The second-order valence-corrected chi connectivity index (χ2v) is 11.7. The number of carbonyl (C=O) groups is 1. The van der Waals surface area contributed by atoms with Gasteiger partial charge < -0.3 is 19.3 Å². The molecule has 12 heteroatoms. The van der Waals surface area contributed by atoms with Crippen LogP contribution >= 0.6 is 11.3 Å². The van der Waals surface area contributed by atoms with Crippen LogP contribution in [0, 0.1) is 0 Å². The number of nitrogens with one attached hydrogen (secondary N) is 2. The Balaban J connectivity index is 1.12. The van der Waals surface area contributed by atoms with Crippen molar-refractivity contribution in [1.82, 2.24) is 30.3 Å². The molecule has 1 aromatic carbocycles. The van der Waals surface area contributed by atoms with Crippen LogP contribution in [0.25, 0.3) is 21.3 Å². The summed E-state index contributed by atoms with van der Waals surface area (Å²) in [5, 5.41) is 10.1. The van der Waals surface area contributed by atoms with E-state index in [0.29, 0.717) is 36.4 Å². The molecule has 1 saturated heterocycles. The van der Waals surface area contributed by atoms with E-state index in [9.17, 15) is 4.79 Å². The molecule has 4 heterocycles. The normalized spacial score (nSPS) is 14.4. The van der Waals surface area contributed by atoms with Gasteiger partial charge in [0.05, 0.1) is 36.2 Å². The van der Waals surface area contributed by atoms with Crippen LogP contribution in [0.4, 0.5) is 9.93 Å². The minimum Gasteiger partial charge on any atom is -0.492 e. The molecule has 1 aliphatic heterocycles. The van der Waals surface area contributed by atoms with Gasteiger partial charge in [0.2, 0.25) is 5.89 Å². The van der Waals surface area contributed by atoms with Crippen LogP contribution < -0.4 is 15.4 Å². The second kappa shape index (κ2) is 12.7. The number of morpholine rings is 1. The lowest BCUT2D eigenvalue weighted by atomic mass is 9.97. The number of ether oxygens (including phenoxy) is 2. The first kappa shape index (κ1) is 27.9. The molecule has 0 radical (unpaired) electrons. The third kappa shape index (κ3) is 7.52. The SMILES string of the molecule is CC(C)(C)c1nc(CCNC(=O)Nc2nc3ccc(-c4cncc(OCCCN5CCOCC5)c4)cc3s2)no1. The number of nitrogens with zero attached hydrogens (tertiary/aromatic N) is 5. The molecule has 3 aromatic heterocycles. The Morgan fingerprint density at radius 3 is 2.77 bits per heavy atom. The van der Waals surface area contributed by atoms with E-state index in [4.69, 9.17) is 14.0 Å². The number of carbonyl (C=O) groups excluding carboxylic acids is 1. The van der Waals surface area contributed by atoms with Crippen molar-refractivity contribution in [3.63, 3.8) is 0 Å². The number of benzene rings is 1. The van der Waals surface area contributed by atoms with E-state index >= 15 is 0 Å². The number of anilines is 1. The molecule has 5 rings (SSSR count). The topological polar surface area (TPSA) is 128 Å². The molecule has 0 bridgehead atoms. The molecule has 11 nitrogen and oxygen atoms in total. The minimum absolute atomic E-state index is 0.209. The van der Waals surface area contributed by atoms with Gasteiger partial charge in [0.15, 0.2) is 11.0 Å². The van der Waals surface area contributed by atoms with Crippen LogP contribution in [0.5, 0.6) is 5.75 Å². The van der Waals surface area contributed by atoms with E-state index in [1.54, 1.807) is 6.20 Å². The van der Waals surface area contributed by atoms with Crippen LogP contribution in [0.3, 0.4) is 0 Å². The summed E-state index contributed by atoms with van der Waals surface area (Å²) in [7, 11) is 0. The van der Waals surface area contributed by atoms with Crippen molar-refractivity contribution in [1.29, 1.82) is 0 Å². The van der Waals surface area contributed by atoms with E-state index in [2.05, 4.69) is 41.7 Å². The number of amides is 2. The number of hydrogen-bond donors (Lipinski definition) is 2. The summed E-state index contributed by atoms with van der Waals surface area (Å²) in [6.07, 6.45) is 4.99. The van der Waals surface area contributed by atoms with Gasteiger partial charge in [-0.1, -0.05) is 43.3 Å². The first-order chi connectivity index (χ1) is 19.3. The summed E-state index contributed by atoms with van der Waals surface area (Å²) in [5.74, 6) is 1.89. The molecule has 212 valence electrons. The summed E-state index contributed by atoms with van der Waals surface area (Å²) in [6.45, 7) is 11.6. The van der Waals surface area contributed by atoms with E-state index in [0.717, 1.165) is 66.4 Å². The predicted molar refractivity (Wildman–Crippen MR) is 154 cm³/mol. The molecule has 0 atom stereocenters. The van der Waals surface area contributed by atoms with E-state index in [1.807, 2.05) is 45.2 Å². The molecular formula is C28H35N7O4S. The molecular weight excluding hydrogens is 530 g/mol.